The highest BCUT2D eigenvalue weighted by molar-refractivity contribution is 5.76. The number of nitrogens with one attached hydrogen (secondary N) is 1. The number of hydrogen-bond donors (Lipinski definition) is 3. The van der Waals surface area contributed by atoms with E-state index in [4.69, 9.17) is 4.74 Å². The van der Waals surface area contributed by atoms with Crippen LogP contribution in [0.25, 0.3) is 0 Å². The van der Waals surface area contributed by atoms with Gasteiger partial charge in [-0.3, -0.25) is 9.59 Å². The van der Waals surface area contributed by atoms with Gasteiger partial charge in [0, 0.05) is 12.8 Å². The molecule has 0 aromatic carbocycles. The molecule has 2 atom stereocenters. The summed E-state index contributed by atoms with van der Waals surface area (Å²) in [4.78, 5) is 24.6. The van der Waals surface area contributed by atoms with Crippen molar-refractivity contribution in [2.75, 3.05) is 13.2 Å². The molecule has 6 heteroatoms. The molecule has 0 saturated heterocycles. The summed E-state index contributed by atoms with van der Waals surface area (Å²) in [7, 11) is 0. The van der Waals surface area contributed by atoms with Crippen LogP contribution in [0.3, 0.4) is 0 Å². The zero-order chi connectivity index (χ0) is 57.8. The molecule has 80 heavy (non-hydrogen) atoms. The number of amides is 1. The SMILES string of the molecule is CCCCCCCC/C=C\CCCCCCCC(=O)OCCCCCCCCCCC/C=C\C/C=C\CCCCCCCCCCCCCCCCCC(=O)NC(CO)C(O)CCCCCCCCCCCCCCCCCCC. The van der Waals surface area contributed by atoms with Gasteiger partial charge in [-0.1, -0.05) is 339 Å². The number of esters is 1. The van der Waals surface area contributed by atoms with Crippen molar-refractivity contribution < 1.29 is 24.5 Å². The Kier molecular flexibility index (Phi) is 67.9. The van der Waals surface area contributed by atoms with Crippen LogP contribution < -0.4 is 5.32 Å². The molecule has 0 saturated carbocycles. The van der Waals surface area contributed by atoms with Crippen molar-refractivity contribution in [1.29, 1.82) is 0 Å². The Balaban J connectivity index is 3.39. The Morgan fingerprint density at radius 2 is 0.625 bits per heavy atom. The summed E-state index contributed by atoms with van der Waals surface area (Å²) < 4.78 is 5.49. The van der Waals surface area contributed by atoms with E-state index >= 15 is 0 Å². The summed E-state index contributed by atoms with van der Waals surface area (Å²) >= 11 is 0. The van der Waals surface area contributed by atoms with E-state index in [-0.39, 0.29) is 18.5 Å². The van der Waals surface area contributed by atoms with Crippen LogP contribution in [0.1, 0.15) is 399 Å². The molecule has 1 amide bonds. The maximum Gasteiger partial charge on any atom is 0.305 e. The molecule has 472 valence electrons. The molecule has 0 aromatic rings. The lowest BCUT2D eigenvalue weighted by Gasteiger charge is -2.22. The molecule has 0 spiro atoms. The van der Waals surface area contributed by atoms with Crippen LogP contribution in [0.2, 0.25) is 0 Å². The van der Waals surface area contributed by atoms with Gasteiger partial charge in [-0.2, -0.15) is 0 Å². The maximum atomic E-state index is 12.5. The molecule has 0 rings (SSSR count). The normalized spacial score (nSPS) is 12.7. The molecule has 6 nitrogen and oxygen atoms in total. The molecule has 0 fully saturated rings. The number of aliphatic hydroxyl groups excluding tert-OH is 2. The highest BCUT2D eigenvalue weighted by Crippen LogP contribution is 2.19. The Hall–Kier alpha value is -1.92. The van der Waals surface area contributed by atoms with E-state index in [1.54, 1.807) is 0 Å². The maximum absolute atomic E-state index is 12.5. The number of allylic oxidation sites excluding steroid dienone is 6. The van der Waals surface area contributed by atoms with Gasteiger partial charge in [0.2, 0.25) is 5.91 Å². The average molecular weight is 1120 g/mol. The van der Waals surface area contributed by atoms with Gasteiger partial charge < -0.3 is 20.3 Å². The summed E-state index contributed by atoms with van der Waals surface area (Å²) in [5.41, 5.74) is 0. The quantitative estimate of drug-likeness (QED) is 0.0320. The van der Waals surface area contributed by atoms with E-state index in [1.807, 2.05) is 0 Å². The van der Waals surface area contributed by atoms with Gasteiger partial charge in [-0.15, -0.1) is 0 Å². The summed E-state index contributed by atoms with van der Waals surface area (Å²) in [5.74, 6) is -0.0254. The second kappa shape index (κ2) is 69.6. The lowest BCUT2D eigenvalue weighted by Crippen LogP contribution is -2.45. The van der Waals surface area contributed by atoms with E-state index < -0.39 is 12.1 Å². The Labute approximate surface area is 500 Å². The molecule has 3 N–H and O–H groups in total. The molecule has 0 aromatic heterocycles. The van der Waals surface area contributed by atoms with Crippen LogP contribution in [0.4, 0.5) is 0 Å². The fourth-order valence-corrected chi connectivity index (χ4v) is 11.4. The molecular formula is C74H141NO5. The molecule has 0 heterocycles. The third kappa shape index (κ3) is 65.2. The lowest BCUT2D eigenvalue weighted by atomic mass is 10.0. The zero-order valence-corrected chi connectivity index (χ0v) is 54.1. The van der Waals surface area contributed by atoms with Crippen molar-refractivity contribution >= 4 is 11.9 Å². The minimum absolute atomic E-state index is 0.00571. The number of rotatable bonds is 68. The summed E-state index contributed by atoms with van der Waals surface area (Å²) in [6.07, 6.45) is 89.1. The summed E-state index contributed by atoms with van der Waals surface area (Å²) in [5, 5.41) is 23.4. The first-order valence-electron chi connectivity index (χ1n) is 36.2. The Morgan fingerprint density at radius 1 is 0.350 bits per heavy atom. The molecule has 0 aliphatic rings. The van der Waals surface area contributed by atoms with E-state index in [9.17, 15) is 19.8 Å². The first kappa shape index (κ1) is 78.1. The molecule has 0 aliphatic heterocycles. The first-order valence-corrected chi connectivity index (χ1v) is 36.2. The number of carbonyl (C=O) groups excluding carboxylic acids is 2. The second-order valence-electron chi connectivity index (χ2n) is 24.9. The third-order valence-electron chi connectivity index (χ3n) is 16.9. The fourth-order valence-electron chi connectivity index (χ4n) is 11.4. The van der Waals surface area contributed by atoms with Gasteiger partial charge in [-0.05, 0) is 83.5 Å². The molecular weight excluding hydrogens is 983 g/mol. The predicted molar refractivity (Wildman–Crippen MR) is 352 cm³/mol. The number of hydrogen-bond acceptors (Lipinski definition) is 5. The summed E-state index contributed by atoms with van der Waals surface area (Å²) in [6.45, 7) is 4.97. The lowest BCUT2D eigenvalue weighted by molar-refractivity contribution is -0.143. The van der Waals surface area contributed by atoms with Crippen LogP contribution in [-0.2, 0) is 14.3 Å². The number of aliphatic hydroxyl groups is 2. The van der Waals surface area contributed by atoms with Crippen molar-refractivity contribution in [3.63, 3.8) is 0 Å². The second-order valence-corrected chi connectivity index (χ2v) is 24.9. The van der Waals surface area contributed by atoms with Crippen molar-refractivity contribution in [2.24, 2.45) is 0 Å². The Morgan fingerprint density at radius 3 is 0.963 bits per heavy atom. The van der Waals surface area contributed by atoms with Crippen LogP contribution in [0.15, 0.2) is 36.5 Å². The topological polar surface area (TPSA) is 95.9 Å². The van der Waals surface area contributed by atoms with Gasteiger partial charge in [0.15, 0.2) is 0 Å². The van der Waals surface area contributed by atoms with Gasteiger partial charge in [0.25, 0.3) is 0 Å². The Bertz CT molecular complexity index is 1300. The zero-order valence-electron chi connectivity index (χ0n) is 54.1. The minimum atomic E-state index is -0.664. The molecule has 0 aliphatic carbocycles. The first-order chi connectivity index (χ1) is 39.5. The molecule has 2 unspecified atom stereocenters. The average Bonchev–Trinajstić information content (AvgIpc) is 3.46. The number of unbranched alkanes of at least 4 members (excludes halogenated alkanes) is 51. The van der Waals surface area contributed by atoms with Crippen LogP contribution in [-0.4, -0.2) is 47.4 Å². The smallest absolute Gasteiger partial charge is 0.305 e. The van der Waals surface area contributed by atoms with Crippen LogP contribution in [0.5, 0.6) is 0 Å². The fraction of sp³-hybridized carbons (Fsp3) is 0.892. The molecule has 0 radical (unpaired) electrons. The molecule has 0 bridgehead atoms. The summed E-state index contributed by atoms with van der Waals surface area (Å²) in [6, 6.07) is -0.542. The van der Waals surface area contributed by atoms with E-state index in [0.29, 0.717) is 25.9 Å². The van der Waals surface area contributed by atoms with Crippen molar-refractivity contribution in [3.8, 4) is 0 Å². The highest BCUT2D eigenvalue weighted by Gasteiger charge is 2.20. The highest BCUT2D eigenvalue weighted by atomic mass is 16.5. The van der Waals surface area contributed by atoms with Gasteiger partial charge >= 0.3 is 5.97 Å². The minimum Gasteiger partial charge on any atom is -0.466 e. The van der Waals surface area contributed by atoms with E-state index in [1.165, 1.54) is 315 Å². The largest absolute Gasteiger partial charge is 0.466 e. The van der Waals surface area contributed by atoms with E-state index in [2.05, 4.69) is 55.6 Å². The number of ether oxygens (including phenoxy) is 1. The van der Waals surface area contributed by atoms with Crippen LogP contribution in [0, 0.1) is 0 Å². The standard InChI is InChI=1S/C74H141NO5/c1-3-5-7-9-11-13-15-17-19-35-39-42-46-50-54-58-62-66-72(77)71(70-76)75-73(78)67-63-59-55-51-47-43-40-36-33-31-29-27-25-23-21-20-22-24-26-28-30-32-34-37-41-45-49-53-57-61-65-69-80-74(79)68-64-60-56-52-48-44-38-18-16-14-12-10-8-6-4-2/h18,22,24,28,30,38,71-72,76-77H,3-17,19-21,23,25-27,29,31-37,39-70H2,1-2H3,(H,75,78)/b24-22-,30-28-,38-18-. The van der Waals surface area contributed by atoms with Crippen molar-refractivity contribution in [2.45, 2.75) is 411 Å². The van der Waals surface area contributed by atoms with Crippen molar-refractivity contribution in [1.82, 2.24) is 5.32 Å². The monoisotopic (exact) mass is 1120 g/mol. The van der Waals surface area contributed by atoms with E-state index in [0.717, 1.165) is 51.4 Å². The van der Waals surface area contributed by atoms with Crippen LogP contribution >= 0.6 is 0 Å². The van der Waals surface area contributed by atoms with Crippen molar-refractivity contribution in [3.05, 3.63) is 36.5 Å². The van der Waals surface area contributed by atoms with Gasteiger partial charge in [-0.25, -0.2) is 0 Å². The third-order valence-corrected chi connectivity index (χ3v) is 16.9. The number of carbonyl (C=O) groups is 2. The van der Waals surface area contributed by atoms with Gasteiger partial charge in [0.05, 0.1) is 25.4 Å². The predicted octanol–water partition coefficient (Wildman–Crippen LogP) is 23.5. The van der Waals surface area contributed by atoms with Gasteiger partial charge in [0.1, 0.15) is 0 Å².